The molecule has 1 aliphatic heterocycles. The molecule has 1 aliphatic rings. The van der Waals surface area contributed by atoms with Gasteiger partial charge in [-0.25, -0.2) is 14.4 Å². The summed E-state index contributed by atoms with van der Waals surface area (Å²) in [5.74, 6) is 0.139. The molecule has 8 heteroatoms. The van der Waals surface area contributed by atoms with Crippen LogP contribution in [0.25, 0.3) is 22.6 Å². The molecule has 0 fully saturated rings. The minimum absolute atomic E-state index is 0.0470. The first kappa shape index (κ1) is 21.4. The number of halogens is 1. The maximum atomic E-state index is 13.8. The summed E-state index contributed by atoms with van der Waals surface area (Å²) in [6.45, 7) is 0.0470. The van der Waals surface area contributed by atoms with E-state index in [0.29, 0.717) is 17.9 Å². The van der Waals surface area contributed by atoms with E-state index in [1.165, 1.54) is 12.1 Å². The molecule has 0 radical (unpaired) electrons. The second-order valence-corrected chi connectivity index (χ2v) is 9.21. The van der Waals surface area contributed by atoms with E-state index in [1.807, 2.05) is 64.5 Å². The van der Waals surface area contributed by atoms with Crippen LogP contribution in [0.5, 0.6) is 0 Å². The van der Waals surface area contributed by atoms with E-state index in [4.69, 9.17) is 10.1 Å². The molecule has 1 unspecified atom stereocenters. The number of imidazole rings is 1. The quantitative estimate of drug-likeness (QED) is 0.325. The highest BCUT2D eigenvalue weighted by Gasteiger charge is 2.34. The van der Waals surface area contributed by atoms with Crippen molar-refractivity contribution in [1.29, 1.82) is 0 Å². The van der Waals surface area contributed by atoms with Gasteiger partial charge in [-0.05, 0) is 53.4 Å². The number of nitrogens with zero attached hydrogens (tertiary/aromatic N) is 5. The predicted octanol–water partition coefficient (Wildman–Crippen LogP) is 5.68. The largest absolute Gasteiger partial charge is 0.313 e. The van der Waals surface area contributed by atoms with E-state index < -0.39 is 0 Å². The molecule has 0 bridgehead atoms. The van der Waals surface area contributed by atoms with Gasteiger partial charge in [-0.15, -0.1) is 11.3 Å². The van der Waals surface area contributed by atoms with Gasteiger partial charge < -0.3 is 4.57 Å². The lowest BCUT2D eigenvalue weighted by Crippen LogP contribution is -2.30. The lowest BCUT2D eigenvalue weighted by Gasteiger charge is -2.23. The van der Waals surface area contributed by atoms with Gasteiger partial charge in [-0.1, -0.05) is 36.4 Å². The predicted molar refractivity (Wildman–Crippen MR) is 134 cm³/mol. The number of hydrogen-bond acceptors (Lipinski definition) is 5. The highest BCUT2D eigenvalue weighted by atomic mass is 32.1. The van der Waals surface area contributed by atoms with Crippen LogP contribution in [-0.4, -0.2) is 31.2 Å². The normalized spacial score (nSPS) is 15.5. The second-order valence-electron chi connectivity index (χ2n) is 8.26. The van der Waals surface area contributed by atoms with Gasteiger partial charge in [0.05, 0.1) is 27.7 Å². The number of fused-ring (bicyclic) bond motifs is 1. The standard InChI is InChI=1S/C27H20FN5OS/c28-19-12-10-18(11-13-19)24-16-22(25-9-5-15-35-25)31-33(24)26(34)17-32-23-8-2-1-6-20(23)30-27(32)21-7-3-4-14-29-21/h1-15,24H,16-17H2. The van der Waals surface area contributed by atoms with Crippen molar-refractivity contribution in [2.24, 2.45) is 5.10 Å². The highest BCUT2D eigenvalue weighted by Crippen LogP contribution is 2.34. The monoisotopic (exact) mass is 481 g/mol. The first-order valence-electron chi connectivity index (χ1n) is 11.2. The lowest BCUT2D eigenvalue weighted by molar-refractivity contribution is -0.133. The number of pyridine rings is 1. The Labute approximate surface area is 205 Å². The molecule has 6 rings (SSSR count). The number of para-hydroxylation sites is 2. The smallest absolute Gasteiger partial charge is 0.263 e. The molecule has 3 aromatic heterocycles. The third kappa shape index (κ3) is 4.02. The van der Waals surface area contributed by atoms with Crippen LogP contribution in [0.2, 0.25) is 0 Å². The Bertz CT molecular complexity index is 1530. The summed E-state index contributed by atoms with van der Waals surface area (Å²) < 4.78 is 15.5. The fourth-order valence-electron chi connectivity index (χ4n) is 4.41. The topological polar surface area (TPSA) is 63.4 Å². The van der Waals surface area contributed by atoms with Crippen LogP contribution in [-0.2, 0) is 11.3 Å². The summed E-state index contributed by atoms with van der Waals surface area (Å²) in [5, 5.41) is 8.27. The molecular weight excluding hydrogens is 461 g/mol. The van der Waals surface area contributed by atoms with Gasteiger partial charge in [0.2, 0.25) is 0 Å². The van der Waals surface area contributed by atoms with E-state index in [1.54, 1.807) is 34.7 Å². The van der Waals surface area contributed by atoms with E-state index in [9.17, 15) is 9.18 Å². The van der Waals surface area contributed by atoms with Crippen molar-refractivity contribution in [2.45, 2.75) is 19.0 Å². The first-order valence-corrected chi connectivity index (χ1v) is 12.1. The number of carbonyl (C=O) groups excluding carboxylic acids is 1. The number of rotatable bonds is 5. The number of carbonyl (C=O) groups is 1. The maximum Gasteiger partial charge on any atom is 0.263 e. The van der Waals surface area contributed by atoms with Crippen LogP contribution in [0, 0.1) is 5.82 Å². The van der Waals surface area contributed by atoms with Gasteiger partial charge in [0.15, 0.2) is 5.82 Å². The summed E-state index contributed by atoms with van der Waals surface area (Å²) in [6, 6.07) is 23.3. The lowest BCUT2D eigenvalue weighted by atomic mass is 10.0. The SMILES string of the molecule is O=C(Cn1c(-c2ccccn2)nc2ccccc21)N1N=C(c2cccs2)CC1c1ccc(F)cc1. The van der Waals surface area contributed by atoms with E-state index in [0.717, 1.165) is 27.2 Å². The number of benzene rings is 2. The van der Waals surface area contributed by atoms with Crippen molar-refractivity contribution in [3.8, 4) is 11.5 Å². The molecule has 2 aromatic carbocycles. The van der Waals surface area contributed by atoms with Gasteiger partial charge in [0.1, 0.15) is 18.1 Å². The highest BCUT2D eigenvalue weighted by molar-refractivity contribution is 7.12. The van der Waals surface area contributed by atoms with E-state index in [2.05, 4.69) is 4.98 Å². The number of hydrazone groups is 1. The maximum absolute atomic E-state index is 13.8. The number of amides is 1. The fraction of sp³-hybridized carbons (Fsp3) is 0.111. The molecular formula is C27H20FN5OS. The number of aromatic nitrogens is 3. The van der Waals surface area contributed by atoms with Gasteiger partial charge in [-0.3, -0.25) is 9.78 Å². The van der Waals surface area contributed by atoms with Crippen LogP contribution < -0.4 is 0 Å². The molecule has 1 amide bonds. The average Bonchev–Trinajstić information content (AvgIpc) is 3.64. The van der Waals surface area contributed by atoms with Crippen LogP contribution >= 0.6 is 11.3 Å². The molecule has 5 aromatic rings. The third-order valence-corrected chi connectivity index (χ3v) is 6.99. The van der Waals surface area contributed by atoms with Gasteiger partial charge in [0, 0.05) is 12.6 Å². The molecule has 0 aliphatic carbocycles. The van der Waals surface area contributed by atoms with Crippen molar-refractivity contribution < 1.29 is 9.18 Å². The first-order chi connectivity index (χ1) is 17.2. The Morgan fingerprint density at radius 1 is 1.00 bits per heavy atom. The van der Waals surface area contributed by atoms with Crippen molar-refractivity contribution in [3.05, 3.63) is 107 Å². The summed E-state index contributed by atoms with van der Waals surface area (Å²) in [6.07, 6.45) is 2.28. The number of thiophene rings is 1. The van der Waals surface area contributed by atoms with Gasteiger partial charge in [0.25, 0.3) is 5.91 Å². The molecule has 35 heavy (non-hydrogen) atoms. The van der Waals surface area contributed by atoms with Gasteiger partial charge in [-0.2, -0.15) is 5.10 Å². The van der Waals surface area contributed by atoms with Crippen molar-refractivity contribution in [3.63, 3.8) is 0 Å². The zero-order valence-electron chi connectivity index (χ0n) is 18.6. The molecule has 0 saturated heterocycles. The van der Waals surface area contributed by atoms with Crippen LogP contribution in [0.1, 0.15) is 22.9 Å². The minimum Gasteiger partial charge on any atom is -0.313 e. The summed E-state index contributed by atoms with van der Waals surface area (Å²) in [4.78, 5) is 24.0. The Morgan fingerprint density at radius 2 is 1.83 bits per heavy atom. The molecule has 0 spiro atoms. The zero-order valence-corrected chi connectivity index (χ0v) is 19.4. The van der Waals surface area contributed by atoms with Crippen LogP contribution in [0.4, 0.5) is 4.39 Å². The molecule has 6 nitrogen and oxygen atoms in total. The molecule has 4 heterocycles. The Hall–Kier alpha value is -4.17. The van der Waals surface area contributed by atoms with Crippen molar-refractivity contribution in [2.75, 3.05) is 0 Å². The molecule has 0 N–H and O–H groups in total. The van der Waals surface area contributed by atoms with Crippen molar-refractivity contribution >= 4 is 34.0 Å². The molecule has 1 atom stereocenters. The minimum atomic E-state index is -0.312. The Morgan fingerprint density at radius 3 is 2.60 bits per heavy atom. The number of hydrogen-bond donors (Lipinski definition) is 0. The molecule has 0 saturated carbocycles. The summed E-state index contributed by atoms with van der Waals surface area (Å²) >= 11 is 1.59. The Kier molecular flexibility index (Phi) is 5.42. The Balaban J connectivity index is 1.40. The summed E-state index contributed by atoms with van der Waals surface area (Å²) in [5.41, 5.74) is 4.02. The second kappa shape index (κ2) is 8.88. The molecule has 172 valence electrons. The van der Waals surface area contributed by atoms with Gasteiger partial charge >= 0.3 is 0 Å². The van der Waals surface area contributed by atoms with E-state index in [-0.39, 0.29) is 24.3 Å². The summed E-state index contributed by atoms with van der Waals surface area (Å²) in [7, 11) is 0. The third-order valence-electron chi connectivity index (χ3n) is 6.07. The van der Waals surface area contributed by atoms with Crippen LogP contribution in [0.3, 0.4) is 0 Å². The van der Waals surface area contributed by atoms with Crippen molar-refractivity contribution in [1.82, 2.24) is 19.5 Å². The fourth-order valence-corrected chi connectivity index (χ4v) is 5.13. The van der Waals surface area contributed by atoms with E-state index >= 15 is 0 Å². The van der Waals surface area contributed by atoms with Crippen LogP contribution in [0.15, 0.2) is 95.5 Å². The average molecular weight is 482 g/mol. The zero-order chi connectivity index (χ0) is 23.8.